The highest BCUT2D eigenvalue weighted by Crippen LogP contribution is 2.28. The van der Waals surface area contributed by atoms with Gasteiger partial charge in [-0.05, 0) is 41.9 Å². The van der Waals surface area contributed by atoms with Gasteiger partial charge < -0.3 is 9.47 Å². The van der Waals surface area contributed by atoms with Gasteiger partial charge in [0.15, 0.2) is 0 Å². The Bertz CT molecular complexity index is 679. The average Bonchev–Trinajstić information content (AvgIpc) is 2.43. The number of carbonyl (C=O) groups excluding carboxylic acids is 1. The second-order valence-electron chi connectivity index (χ2n) is 4.05. The lowest BCUT2D eigenvalue weighted by molar-refractivity contribution is 0.0524. The average molecular weight is 355 g/mol. The molecule has 0 atom stereocenters. The van der Waals surface area contributed by atoms with Crippen LogP contribution in [0.25, 0.3) is 0 Å². The maximum Gasteiger partial charge on any atom is 0.341 e. The lowest BCUT2D eigenvalue weighted by atomic mass is 10.2. The van der Waals surface area contributed by atoms with Crippen molar-refractivity contribution in [2.75, 3.05) is 6.61 Å². The highest BCUT2D eigenvalue weighted by Gasteiger charge is 2.14. The highest BCUT2D eigenvalue weighted by atomic mass is 79.9. The van der Waals surface area contributed by atoms with Gasteiger partial charge in [-0.25, -0.2) is 14.2 Å². The number of rotatable bonds is 4. The molecule has 0 spiro atoms. The van der Waals surface area contributed by atoms with Crippen LogP contribution in [0.4, 0.5) is 4.39 Å². The summed E-state index contributed by atoms with van der Waals surface area (Å²) in [5.41, 5.74) is 0.688. The maximum atomic E-state index is 13.2. The largest absolute Gasteiger partial charge is 0.462 e. The van der Waals surface area contributed by atoms with E-state index < -0.39 is 11.8 Å². The Balaban J connectivity index is 2.24. The van der Waals surface area contributed by atoms with Gasteiger partial charge in [-0.3, -0.25) is 0 Å². The number of ether oxygens (including phenoxy) is 2. The van der Waals surface area contributed by atoms with Crippen molar-refractivity contribution in [2.24, 2.45) is 0 Å². The molecule has 1 aromatic carbocycles. The van der Waals surface area contributed by atoms with E-state index in [0.717, 1.165) is 0 Å². The van der Waals surface area contributed by atoms with Crippen LogP contribution in [0.15, 0.2) is 28.9 Å². The minimum absolute atomic E-state index is 0.0202. The molecule has 1 aromatic heterocycles. The molecule has 1 heterocycles. The molecule has 0 aliphatic rings. The van der Waals surface area contributed by atoms with Crippen molar-refractivity contribution in [3.05, 3.63) is 45.9 Å². The zero-order chi connectivity index (χ0) is 15.4. The van der Waals surface area contributed by atoms with Crippen LogP contribution in [0, 0.1) is 12.7 Å². The standard InChI is InChI=1S/C14H12BrFN2O3/c1-3-20-13(19)10-7-17-14(18-8(10)2)21-12-6-9(16)4-5-11(12)15/h4-7H,3H2,1-2H3. The molecule has 2 rings (SSSR count). The molecule has 0 saturated heterocycles. The Hall–Kier alpha value is -2.02. The van der Waals surface area contributed by atoms with Crippen LogP contribution >= 0.6 is 15.9 Å². The van der Waals surface area contributed by atoms with Gasteiger partial charge in [-0.2, -0.15) is 4.98 Å². The van der Waals surface area contributed by atoms with E-state index in [1.165, 1.54) is 24.4 Å². The van der Waals surface area contributed by atoms with Gasteiger partial charge >= 0.3 is 12.0 Å². The van der Waals surface area contributed by atoms with E-state index in [9.17, 15) is 9.18 Å². The van der Waals surface area contributed by atoms with Gasteiger partial charge in [-0.1, -0.05) is 0 Å². The zero-order valence-electron chi connectivity index (χ0n) is 11.4. The van der Waals surface area contributed by atoms with Crippen molar-refractivity contribution in [3.8, 4) is 11.8 Å². The third-order valence-electron chi connectivity index (χ3n) is 2.55. The van der Waals surface area contributed by atoms with Crippen LogP contribution in [-0.4, -0.2) is 22.5 Å². The van der Waals surface area contributed by atoms with Gasteiger partial charge in [0, 0.05) is 12.3 Å². The lowest BCUT2D eigenvalue weighted by Gasteiger charge is -2.08. The Morgan fingerprint density at radius 1 is 1.43 bits per heavy atom. The highest BCUT2D eigenvalue weighted by molar-refractivity contribution is 9.10. The summed E-state index contributed by atoms with van der Waals surface area (Å²) >= 11 is 3.24. The van der Waals surface area contributed by atoms with Crippen LogP contribution < -0.4 is 4.74 Å². The molecular formula is C14H12BrFN2O3. The third-order valence-corrected chi connectivity index (χ3v) is 3.20. The summed E-state index contributed by atoms with van der Waals surface area (Å²) in [5.74, 6) is -0.681. The molecule has 0 aliphatic heterocycles. The zero-order valence-corrected chi connectivity index (χ0v) is 13.0. The number of nitrogens with zero attached hydrogens (tertiary/aromatic N) is 2. The van der Waals surface area contributed by atoms with Crippen molar-refractivity contribution >= 4 is 21.9 Å². The first-order valence-corrected chi connectivity index (χ1v) is 6.94. The van der Waals surface area contributed by atoms with E-state index in [0.29, 0.717) is 10.2 Å². The van der Waals surface area contributed by atoms with Crippen LogP contribution in [0.5, 0.6) is 11.8 Å². The Kier molecular flexibility index (Phi) is 4.85. The fourth-order valence-corrected chi connectivity index (χ4v) is 1.89. The van der Waals surface area contributed by atoms with Gasteiger partial charge in [0.25, 0.3) is 0 Å². The fraction of sp³-hybridized carbons (Fsp3) is 0.214. The molecule has 0 saturated carbocycles. The van der Waals surface area contributed by atoms with Crippen LogP contribution in [0.3, 0.4) is 0 Å². The molecule has 0 bridgehead atoms. The summed E-state index contributed by atoms with van der Waals surface area (Å²) < 4.78 is 24.0. The molecule has 0 fully saturated rings. The summed E-state index contributed by atoms with van der Waals surface area (Å²) in [4.78, 5) is 19.6. The predicted octanol–water partition coefficient (Wildman–Crippen LogP) is 3.66. The summed E-state index contributed by atoms with van der Waals surface area (Å²) in [7, 11) is 0. The van der Waals surface area contributed by atoms with Crippen LogP contribution in [-0.2, 0) is 4.74 Å². The van der Waals surface area contributed by atoms with E-state index in [1.807, 2.05) is 0 Å². The molecule has 21 heavy (non-hydrogen) atoms. The molecule has 0 N–H and O–H groups in total. The second-order valence-corrected chi connectivity index (χ2v) is 4.90. The number of hydrogen-bond donors (Lipinski definition) is 0. The number of benzene rings is 1. The van der Waals surface area contributed by atoms with E-state index in [-0.39, 0.29) is 23.9 Å². The first-order valence-electron chi connectivity index (χ1n) is 6.15. The monoisotopic (exact) mass is 354 g/mol. The summed E-state index contributed by atoms with van der Waals surface area (Å²) in [6, 6.07) is 4.05. The number of halogens is 2. The Morgan fingerprint density at radius 3 is 2.86 bits per heavy atom. The topological polar surface area (TPSA) is 61.3 Å². The fourth-order valence-electron chi connectivity index (χ4n) is 1.56. The lowest BCUT2D eigenvalue weighted by Crippen LogP contribution is -2.09. The molecule has 2 aromatic rings. The van der Waals surface area contributed by atoms with Crippen molar-refractivity contribution in [2.45, 2.75) is 13.8 Å². The molecule has 0 radical (unpaired) electrons. The van der Waals surface area contributed by atoms with Gasteiger partial charge in [0.05, 0.1) is 22.3 Å². The number of hydrogen-bond acceptors (Lipinski definition) is 5. The number of carbonyl (C=O) groups is 1. The number of esters is 1. The van der Waals surface area contributed by atoms with Crippen molar-refractivity contribution < 1.29 is 18.7 Å². The normalized spacial score (nSPS) is 10.3. The Labute approximate surface area is 129 Å². The first-order chi connectivity index (χ1) is 10.0. The molecule has 0 aliphatic carbocycles. The van der Waals surface area contributed by atoms with E-state index in [4.69, 9.17) is 9.47 Å². The summed E-state index contributed by atoms with van der Waals surface area (Å²) in [5, 5.41) is 0. The molecular weight excluding hydrogens is 343 g/mol. The van der Waals surface area contributed by atoms with Gasteiger partial charge in [0.2, 0.25) is 0 Å². The molecule has 110 valence electrons. The van der Waals surface area contributed by atoms with E-state index in [2.05, 4.69) is 25.9 Å². The van der Waals surface area contributed by atoms with Crippen LogP contribution in [0.2, 0.25) is 0 Å². The third kappa shape index (κ3) is 3.75. The minimum atomic E-state index is -0.492. The van der Waals surface area contributed by atoms with Crippen molar-refractivity contribution in [1.82, 2.24) is 9.97 Å². The first kappa shape index (κ1) is 15.4. The van der Waals surface area contributed by atoms with E-state index in [1.54, 1.807) is 13.8 Å². The minimum Gasteiger partial charge on any atom is -0.462 e. The molecule has 7 heteroatoms. The molecule has 0 amide bonds. The number of aryl methyl sites for hydroxylation is 1. The maximum absolute atomic E-state index is 13.2. The van der Waals surface area contributed by atoms with Gasteiger partial charge in [0.1, 0.15) is 11.6 Å². The van der Waals surface area contributed by atoms with Crippen molar-refractivity contribution in [3.63, 3.8) is 0 Å². The smallest absolute Gasteiger partial charge is 0.341 e. The molecule has 0 unspecified atom stereocenters. The molecule has 5 nitrogen and oxygen atoms in total. The van der Waals surface area contributed by atoms with Crippen LogP contribution in [0.1, 0.15) is 23.0 Å². The van der Waals surface area contributed by atoms with Gasteiger partial charge in [-0.15, -0.1) is 0 Å². The second kappa shape index (κ2) is 6.62. The quantitative estimate of drug-likeness (QED) is 0.784. The van der Waals surface area contributed by atoms with E-state index >= 15 is 0 Å². The SMILES string of the molecule is CCOC(=O)c1cnc(Oc2cc(F)ccc2Br)nc1C. The number of aromatic nitrogens is 2. The van der Waals surface area contributed by atoms with Crippen molar-refractivity contribution in [1.29, 1.82) is 0 Å². The predicted molar refractivity (Wildman–Crippen MR) is 76.9 cm³/mol. The summed E-state index contributed by atoms with van der Waals surface area (Å²) in [6.45, 7) is 3.63. The summed E-state index contributed by atoms with van der Waals surface area (Å²) in [6.07, 6.45) is 1.32. The Morgan fingerprint density at radius 2 is 2.19 bits per heavy atom.